The van der Waals surface area contributed by atoms with Crippen LogP contribution in [0.25, 0.3) is 11.3 Å². The molecule has 3 rings (SSSR count). The Balaban J connectivity index is 1.74. The van der Waals surface area contributed by atoms with Gasteiger partial charge in [-0.3, -0.25) is 14.9 Å². The van der Waals surface area contributed by atoms with Gasteiger partial charge in [-0.25, -0.2) is 5.43 Å². The number of aromatic hydroxyl groups is 1. The number of nitrogens with one attached hydrogen (secondary N) is 1. The number of halogens is 1. The molecule has 0 unspecified atom stereocenters. The van der Waals surface area contributed by atoms with Crippen LogP contribution in [0.15, 0.2) is 68.6 Å². The van der Waals surface area contributed by atoms with E-state index in [-0.39, 0.29) is 17.0 Å². The third-order valence-electron chi connectivity index (χ3n) is 3.55. The average molecular weight is 430 g/mol. The Labute approximate surface area is 161 Å². The third kappa shape index (κ3) is 4.21. The van der Waals surface area contributed by atoms with Crippen molar-refractivity contribution < 1.29 is 19.2 Å². The Morgan fingerprint density at radius 1 is 1.22 bits per heavy atom. The quantitative estimate of drug-likeness (QED) is 0.359. The predicted octanol–water partition coefficient (Wildman–Crippen LogP) is 4.09. The zero-order chi connectivity index (χ0) is 19.4. The van der Waals surface area contributed by atoms with Crippen LogP contribution in [0.4, 0.5) is 5.69 Å². The number of amides is 1. The van der Waals surface area contributed by atoms with Crippen LogP contribution >= 0.6 is 15.9 Å². The molecule has 3 aromatic rings. The summed E-state index contributed by atoms with van der Waals surface area (Å²) in [5.41, 5.74) is 2.60. The number of carbonyl (C=O) groups excluding carboxylic acids is 1. The molecule has 0 aliphatic rings. The lowest BCUT2D eigenvalue weighted by Gasteiger charge is -2.03. The summed E-state index contributed by atoms with van der Waals surface area (Å²) in [6, 6.07) is 13.8. The molecule has 136 valence electrons. The summed E-state index contributed by atoms with van der Waals surface area (Å²) >= 11 is 3.22. The molecule has 0 radical (unpaired) electrons. The van der Waals surface area contributed by atoms with Gasteiger partial charge in [0.1, 0.15) is 17.3 Å². The summed E-state index contributed by atoms with van der Waals surface area (Å²) in [6.45, 7) is 0. The normalized spacial score (nSPS) is 10.9. The number of furan rings is 1. The zero-order valence-corrected chi connectivity index (χ0v) is 15.2. The van der Waals surface area contributed by atoms with E-state index in [0.29, 0.717) is 21.6 Å². The fourth-order valence-electron chi connectivity index (χ4n) is 2.31. The van der Waals surface area contributed by atoms with Crippen molar-refractivity contribution in [3.05, 3.63) is 80.5 Å². The number of hydrogen-bond donors (Lipinski definition) is 2. The van der Waals surface area contributed by atoms with Crippen LogP contribution in [0.2, 0.25) is 0 Å². The van der Waals surface area contributed by atoms with E-state index < -0.39 is 10.8 Å². The number of nitro benzene ring substituents is 1. The number of benzene rings is 2. The summed E-state index contributed by atoms with van der Waals surface area (Å²) in [6.07, 6.45) is 1.26. The van der Waals surface area contributed by atoms with Crippen molar-refractivity contribution in [1.82, 2.24) is 5.43 Å². The summed E-state index contributed by atoms with van der Waals surface area (Å²) in [7, 11) is 0. The van der Waals surface area contributed by atoms with Crippen LogP contribution in [0.3, 0.4) is 0 Å². The average Bonchev–Trinajstić information content (AvgIpc) is 3.12. The van der Waals surface area contributed by atoms with Gasteiger partial charge in [-0.2, -0.15) is 5.10 Å². The van der Waals surface area contributed by atoms with Crippen molar-refractivity contribution >= 4 is 33.7 Å². The van der Waals surface area contributed by atoms with Crippen LogP contribution in [0, 0.1) is 10.1 Å². The highest BCUT2D eigenvalue weighted by molar-refractivity contribution is 9.10. The number of nitrogens with zero attached hydrogens (tertiary/aromatic N) is 2. The number of hydrazone groups is 1. The molecule has 0 aliphatic heterocycles. The monoisotopic (exact) mass is 429 g/mol. The van der Waals surface area contributed by atoms with E-state index in [4.69, 9.17) is 4.42 Å². The molecular weight excluding hydrogens is 418 g/mol. The van der Waals surface area contributed by atoms with Gasteiger partial charge < -0.3 is 9.52 Å². The number of hydrogen-bond acceptors (Lipinski definition) is 6. The highest BCUT2D eigenvalue weighted by Crippen LogP contribution is 2.30. The van der Waals surface area contributed by atoms with Crippen molar-refractivity contribution in [1.29, 1.82) is 0 Å². The first-order valence-electron chi connectivity index (χ1n) is 7.61. The SMILES string of the molecule is O=C(N/N=C\c1ccc(-c2ccccc2[N+](=O)[O-])o1)c1cc(Br)ccc1O. The molecule has 0 atom stereocenters. The molecule has 27 heavy (non-hydrogen) atoms. The topological polar surface area (TPSA) is 118 Å². The van der Waals surface area contributed by atoms with Crippen molar-refractivity contribution in [2.75, 3.05) is 0 Å². The van der Waals surface area contributed by atoms with Crippen molar-refractivity contribution in [3.8, 4) is 17.1 Å². The van der Waals surface area contributed by atoms with Crippen molar-refractivity contribution in [2.45, 2.75) is 0 Å². The summed E-state index contributed by atoms with van der Waals surface area (Å²) < 4.78 is 6.16. The van der Waals surface area contributed by atoms with Gasteiger partial charge in [0.05, 0.1) is 22.3 Å². The minimum atomic E-state index is -0.601. The van der Waals surface area contributed by atoms with Gasteiger partial charge in [0.2, 0.25) is 0 Å². The van der Waals surface area contributed by atoms with Gasteiger partial charge in [0.25, 0.3) is 11.6 Å². The Hall–Kier alpha value is -3.46. The Morgan fingerprint density at radius 2 is 2.00 bits per heavy atom. The van der Waals surface area contributed by atoms with Crippen LogP contribution in [-0.4, -0.2) is 22.2 Å². The lowest BCUT2D eigenvalue weighted by molar-refractivity contribution is -0.384. The second-order valence-corrected chi connectivity index (χ2v) is 6.25. The number of carbonyl (C=O) groups is 1. The van der Waals surface area contributed by atoms with Gasteiger partial charge in [0.15, 0.2) is 0 Å². The van der Waals surface area contributed by atoms with Crippen LogP contribution in [0.1, 0.15) is 16.1 Å². The highest BCUT2D eigenvalue weighted by Gasteiger charge is 2.17. The molecule has 2 N–H and O–H groups in total. The fraction of sp³-hybridized carbons (Fsp3) is 0. The van der Waals surface area contributed by atoms with Gasteiger partial charge in [0, 0.05) is 10.5 Å². The number of rotatable bonds is 5. The summed E-state index contributed by atoms with van der Waals surface area (Å²) in [4.78, 5) is 22.7. The van der Waals surface area contributed by atoms with E-state index in [2.05, 4.69) is 26.5 Å². The second kappa shape index (κ2) is 7.83. The lowest BCUT2D eigenvalue weighted by atomic mass is 10.1. The molecule has 0 aliphatic carbocycles. The smallest absolute Gasteiger partial charge is 0.280 e. The summed E-state index contributed by atoms with van der Waals surface area (Å²) in [5, 5.41) is 24.6. The van der Waals surface area contributed by atoms with Crippen LogP contribution < -0.4 is 5.43 Å². The Kier molecular flexibility index (Phi) is 5.32. The van der Waals surface area contributed by atoms with E-state index >= 15 is 0 Å². The highest BCUT2D eigenvalue weighted by atomic mass is 79.9. The minimum Gasteiger partial charge on any atom is -0.507 e. The van der Waals surface area contributed by atoms with E-state index in [1.807, 2.05) is 0 Å². The largest absolute Gasteiger partial charge is 0.507 e. The number of para-hydroxylation sites is 1. The molecule has 1 aromatic heterocycles. The van der Waals surface area contributed by atoms with Crippen LogP contribution in [0.5, 0.6) is 5.75 Å². The standard InChI is InChI=1S/C18H12BrN3O5/c19-11-5-7-16(23)14(9-11)18(24)21-20-10-12-6-8-17(27-12)13-3-1-2-4-15(13)22(25)26/h1-10,23H,(H,21,24)/b20-10-. The molecule has 0 bridgehead atoms. The first kappa shape index (κ1) is 18.3. The first-order chi connectivity index (χ1) is 13.0. The Morgan fingerprint density at radius 3 is 2.78 bits per heavy atom. The van der Waals surface area contributed by atoms with Gasteiger partial charge in [-0.1, -0.05) is 28.1 Å². The maximum atomic E-state index is 12.0. The van der Waals surface area contributed by atoms with Gasteiger partial charge in [-0.05, 0) is 36.4 Å². The predicted molar refractivity (Wildman–Crippen MR) is 102 cm³/mol. The molecule has 0 saturated carbocycles. The maximum Gasteiger partial charge on any atom is 0.280 e. The van der Waals surface area contributed by atoms with Gasteiger partial charge >= 0.3 is 0 Å². The van der Waals surface area contributed by atoms with Gasteiger partial charge in [-0.15, -0.1) is 0 Å². The number of phenols is 1. The van der Waals surface area contributed by atoms with E-state index in [0.717, 1.165) is 0 Å². The molecule has 0 fully saturated rings. The number of nitro groups is 1. The molecule has 0 saturated heterocycles. The second-order valence-electron chi connectivity index (χ2n) is 5.34. The first-order valence-corrected chi connectivity index (χ1v) is 8.40. The third-order valence-corrected chi connectivity index (χ3v) is 4.05. The van der Waals surface area contributed by atoms with E-state index in [1.54, 1.807) is 36.4 Å². The molecule has 2 aromatic carbocycles. The minimum absolute atomic E-state index is 0.0570. The fourth-order valence-corrected chi connectivity index (χ4v) is 2.67. The Bertz CT molecular complexity index is 1040. The molecule has 8 nitrogen and oxygen atoms in total. The van der Waals surface area contributed by atoms with Crippen molar-refractivity contribution in [3.63, 3.8) is 0 Å². The van der Waals surface area contributed by atoms with E-state index in [9.17, 15) is 20.0 Å². The lowest BCUT2D eigenvalue weighted by Crippen LogP contribution is -2.17. The van der Waals surface area contributed by atoms with E-state index in [1.165, 1.54) is 24.4 Å². The molecule has 1 heterocycles. The van der Waals surface area contributed by atoms with Crippen molar-refractivity contribution in [2.24, 2.45) is 5.10 Å². The molecule has 0 spiro atoms. The molecule has 1 amide bonds. The van der Waals surface area contributed by atoms with Crippen LogP contribution in [-0.2, 0) is 0 Å². The molecular formula is C18H12BrN3O5. The molecule has 9 heteroatoms. The number of phenolic OH excluding ortho intramolecular Hbond substituents is 1. The summed E-state index contributed by atoms with van der Waals surface area (Å²) in [5.74, 6) is -0.181. The maximum absolute atomic E-state index is 12.0. The zero-order valence-electron chi connectivity index (χ0n) is 13.6.